The first-order valence-corrected chi connectivity index (χ1v) is 7.74. The van der Waals surface area contributed by atoms with Crippen molar-refractivity contribution < 1.29 is 17.9 Å². The predicted octanol–water partition coefficient (Wildman–Crippen LogP) is 1.49. The van der Waals surface area contributed by atoms with Crippen molar-refractivity contribution in [1.29, 1.82) is 0 Å². The fourth-order valence-corrected chi connectivity index (χ4v) is 2.60. The van der Waals surface area contributed by atoms with Gasteiger partial charge in [0.1, 0.15) is 17.3 Å². The highest BCUT2D eigenvalue weighted by Gasteiger charge is 2.18. The van der Waals surface area contributed by atoms with Crippen LogP contribution in [0.3, 0.4) is 0 Å². The van der Waals surface area contributed by atoms with E-state index in [1.165, 1.54) is 12.1 Å². The molecule has 0 saturated heterocycles. The third-order valence-corrected chi connectivity index (χ3v) is 4.04. The van der Waals surface area contributed by atoms with Crippen LogP contribution in [0.25, 0.3) is 0 Å². The van der Waals surface area contributed by atoms with E-state index >= 15 is 0 Å². The van der Waals surface area contributed by atoms with Gasteiger partial charge in [0.25, 0.3) is 0 Å². The minimum atomic E-state index is -3.85. The molecular weight excluding hydrogens is 281 g/mol. The maximum Gasteiger partial charge on any atom is 0.243 e. The molecule has 0 unspecified atom stereocenters. The number of aliphatic hydroxyl groups excluding tert-OH is 1. The summed E-state index contributed by atoms with van der Waals surface area (Å²) < 4.78 is 40.0. The highest BCUT2D eigenvalue weighted by atomic mass is 32.2. The minimum absolute atomic E-state index is 0.269. The Morgan fingerprint density at radius 1 is 1.40 bits per heavy atom. The summed E-state index contributed by atoms with van der Waals surface area (Å²) >= 11 is 0. The van der Waals surface area contributed by atoms with Crippen molar-refractivity contribution in [2.24, 2.45) is 5.92 Å². The summed E-state index contributed by atoms with van der Waals surface area (Å²) in [7, 11) is -3.85. The van der Waals surface area contributed by atoms with E-state index in [1.54, 1.807) is 0 Å². The molecule has 0 bridgehead atoms. The molecule has 0 aliphatic heterocycles. The van der Waals surface area contributed by atoms with Gasteiger partial charge < -0.3 is 5.11 Å². The lowest BCUT2D eigenvalue weighted by Gasteiger charge is -2.09. The number of rotatable bonds is 5. The first-order valence-electron chi connectivity index (χ1n) is 6.25. The van der Waals surface area contributed by atoms with Gasteiger partial charge >= 0.3 is 0 Å². The molecule has 20 heavy (non-hydrogen) atoms. The van der Waals surface area contributed by atoms with Gasteiger partial charge in [-0.15, -0.1) is 0 Å². The third-order valence-electron chi connectivity index (χ3n) is 2.55. The van der Waals surface area contributed by atoms with E-state index in [-0.39, 0.29) is 13.2 Å². The highest BCUT2D eigenvalue weighted by Crippen LogP contribution is 2.15. The Morgan fingerprint density at radius 3 is 2.65 bits per heavy atom. The molecule has 1 aromatic rings. The van der Waals surface area contributed by atoms with Crippen molar-refractivity contribution in [3.63, 3.8) is 0 Å². The van der Waals surface area contributed by atoms with Crippen LogP contribution in [0, 0.1) is 23.6 Å². The number of hydrogen-bond acceptors (Lipinski definition) is 3. The van der Waals surface area contributed by atoms with Crippen LogP contribution in [0.1, 0.15) is 25.8 Å². The van der Waals surface area contributed by atoms with Crippen molar-refractivity contribution in [1.82, 2.24) is 4.72 Å². The first-order chi connectivity index (χ1) is 9.36. The summed E-state index contributed by atoms with van der Waals surface area (Å²) in [5.41, 5.74) is 0.317. The van der Waals surface area contributed by atoms with E-state index < -0.39 is 20.7 Å². The van der Waals surface area contributed by atoms with Crippen molar-refractivity contribution in [2.45, 2.75) is 25.2 Å². The minimum Gasteiger partial charge on any atom is -0.384 e. The Bertz CT molecular complexity index is 615. The molecule has 4 nitrogen and oxygen atoms in total. The van der Waals surface area contributed by atoms with E-state index in [0.29, 0.717) is 17.9 Å². The summed E-state index contributed by atoms with van der Waals surface area (Å²) in [5.74, 6) is 4.39. The Balaban J connectivity index is 2.90. The second-order valence-electron chi connectivity index (χ2n) is 4.69. The third kappa shape index (κ3) is 4.93. The largest absolute Gasteiger partial charge is 0.384 e. The fourth-order valence-electron chi connectivity index (χ4n) is 1.50. The van der Waals surface area contributed by atoms with Crippen molar-refractivity contribution >= 4 is 10.0 Å². The zero-order valence-electron chi connectivity index (χ0n) is 11.5. The van der Waals surface area contributed by atoms with Gasteiger partial charge in [0, 0.05) is 12.1 Å². The molecule has 0 radical (unpaired) electrons. The maximum atomic E-state index is 13.8. The molecular formula is C14H18FNO3S. The molecule has 0 amide bonds. The van der Waals surface area contributed by atoms with E-state index in [9.17, 15) is 12.8 Å². The molecule has 0 aromatic heterocycles. The molecule has 110 valence electrons. The van der Waals surface area contributed by atoms with Gasteiger partial charge in [-0.2, -0.15) is 0 Å². The quantitative estimate of drug-likeness (QED) is 0.810. The second kappa shape index (κ2) is 7.39. The topological polar surface area (TPSA) is 66.4 Å². The van der Waals surface area contributed by atoms with E-state index in [1.807, 2.05) is 13.8 Å². The van der Waals surface area contributed by atoms with E-state index in [0.717, 1.165) is 6.07 Å². The Labute approximate surface area is 119 Å². The fraction of sp³-hybridized carbons (Fsp3) is 0.429. The average Bonchev–Trinajstić information content (AvgIpc) is 2.35. The Hall–Kier alpha value is -1.42. The molecule has 0 aliphatic carbocycles. The second-order valence-corrected chi connectivity index (χ2v) is 6.42. The average molecular weight is 299 g/mol. The molecule has 1 rings (SSSR count). The van der Waals surface area contributed by atoms with Crippen LogP contribution in [-0.2, 0) is 10.0 Å². The zero-order valence-corrected chi connectivity index (χ0v) is 12.3. The van der Waals surface area contributed by atoms with Crippen LogP contribution in [0.2, 0.25) is 0 Å². The SMILES string of the molecule is CC(C)CCNS(=O)(=O)c1ccc(C#CCO)cc1F. The van der Waals surface area contributed by atoms with Gasteiger partial charge in [0.2, 0.25) is 10.0 Å². The van der Waals surface area contributed by atoms with Gasteiger partial charge in [-0.05, 0) is 30.5 Å². The highest BCUT2D eigenvalue weighted by molar-refractivity contribution is 7.89. The van der Waals surface area contributed by atoms with Gasteiger partial charge in [-0.3, -0.25) is 0 Å². The predicted molar refractivity (Wildman–Crippen MR) is 75.0 cm³/mol. The van der Waals surface area contributed by atoms with Gasteiger partial charge in [0.15, 0.2) is 0 Å². The molecule has 0 spiro atoms. The number of hydrogen-bond donors (Lipinski definition) is 2. The van der Waals surface area contributed by atoms with Crippen LogP contribution in [-0.4, -0.2) is 26.7 Å². The van der Waals surface area contributed by atoms with Crippen molar-refractivity contribution in [3.05, 3.63) is 29.6 Å². The zero-order chi connectivity index (χ0) is 15.2. The summed E-state index contributed by atoms with van der Waals surface area (Å²) in [5, 5.41) is 8.55. The number of nitrogens with one attached hydrogen (secondary N) is 1. The Morgan fingerprint density at radius 2 is 2.10 bits per heavy atom. The molecule has 2 N–H and O–H groups in total. The van der Waals surface area contributed by atoms with E-state index in [2.05, 4.69) is 16.6 Å². The van der Waals surface area contributed by atoms with Crippen LogP contribution in [0.5, 0.6) is 0 Å². The summed E-state index contributed by atoms with van der Waals surface area (Å²) in [6.45, 7) is 3.89. The molecule has 0 saturated carbocycles. The lowest BCUT2D eigenvalue weighted by atomic mass is 10.1. The van der Waals surface area contributed by atoms with Crippen LogP contribution in [0.15, 0.2) is 23.1 Å². The van der Waals surface area contributed by atoms with Gasteiger partial charge in [-0.1, -0.05) is 25.7 Å². The number of aliphatic hydroxyl groups is 1. The van der Waals surface area contributed by atoms with Gasteiger partial charge in [-0.25, -0.2) is 17.5 Å². The molecule has 0 atom stereocenters. The lowest BCUT2D eigenvalue weighted by molar-refractivity contribution is 0.350. The summed E-state index contributed by atoms with van der Waals surface area (Å²) in [6.07, 6.45) is 0.681. The maximum absolute atomic E-state index is 13.8. The number of halogens is 1. The molecule has 0 fully saturated rings. The van der Waals surface area contributed by atoms with Crippen LogP contribution < -0.4 is 4.72 Å². The molecule has 1 aromatic carbocycles. The molecule has 6 heteroatoms. The van der Waals surface area contributed by atoms with Crippen molar-refractivity contribution in [3.8, 4) is 11.8 Å². The number of sulfonamides is 1. The Kier molecular flexibility index (Phi) is 6.14. The smallest absolute Gasteiger partial charge is 0.243 e. The normalized spacial score (nSPS) is 11.2. The lowest BCUT2D eigenvalue weighted by Crippen LogP contribution is -2.26. The molecule has 0 aliphatic rings. The van der Waals surface area contributed by atoms with Gasteiger partial charge in [0.05, 0.1) is 0 Å². The number of benzene rings is 1. The van der Waals surface area contributed by atoms with Crippen molar-refractivity contribution in [2.75, 3.05) is 13.2 Å². The summed E-state index contributed by atoms with van der Waals surface area (Å²) in [4.78, 5) is -0.393. The molecule has 0 heterocycles. The summed E-state index contributed by atoms with van der Waals surface area (Å²) in [6, 6.07) is 3.62. The first kappa shape index (κ1) is 16.6. The van der Waals surface area contributed by atoms with Crippen LogP contribution in [0.4, 0.5) is 4.39 Å². The van der Waals surface area contributed by atoms with E-state index in [4.69, 9.17) is 5.11 Å². The van der Waals surface area contributed by atoms with Crippen LogP contribution >= 0.6 is 0 Å². The standard InChI is InChI=1S/C14H18FNO3S/c1-11(2)7-8-16-20(18,19)14-6-5-12(4-3-9-17)10-13(14)15/h5-6,10-11,16-17H,7-9H2,1-2H3. The monoisotopic (exact) mass is 299 g/mol.